The first-order valence-electron chi connectivity index (χ1n) is 8.03. The highest BCUT2D eigenvalue weighted by atomic mass is 16.6. The molecule has 2 aromatic rings. The maximum absolute atomic E-state index is 11.7. The molecule has 0 bridgehead atoms. The number of rotatable bonds is 4. The highest BCUT2D eigenvalue weighted by molar-refractivity contribution is 5.73. The molecule has 1 aliphatic heterocycles. The average Bonchev–Trinajstić information content (AvgIpc) is 2.55. The molecule has 8 nitrogen and oxygen atoms in total. The van der Waals surface area contributed by atoms with Gasteiger partial charge in [0.2, 0.25) is 11.6 Å². The van der Waals surface area contributed by atoms with E-state index in [1.54, 1.807) is 6.07 Å². The molecule has 2 aromatic heterocycles. The molecule has 126 valence electrons. The van der Waals surface area contributed by atoms with Crippen molar-refractivity contribution < 1.29 is 4.92 Å². The minimum absolute atomic E-state index is 0.102. The summed E-state index contributed by atoms with van der Waals surface area (Å²) in [5.74, 6) is 1.06. The average molecular weight is 328 g/mol. The molecule has 0 saturated carbocycles. The second-order valence-corrected chi connectivity index (χ2v) is 5.98. The summed E-state index contributed by atoms with van der Waals surface area (Å²) in [4.78, 5) is 25.9. The second-order valence-electron chi connectivity index (χ2n) is 5.98. The molecule has 0 amide bonds. The first-order chi connectivity index (χ1) is 11.6. The van der Waals surface area contributed by atoms with Crippen LogP contribution in [-0.2, 0) is 0 Å². The van der Waals surface area contributed by atoms with E-state index in [-0.39, 0.29) is 17.5 Å². The third kappa shape index (κ3) is 3.27. The van der Waals surface area contributed by atoms with Gasteiger partial charge in [0.15, 0.2) is 0 Å². The Morgan fingerprint density at radius 2 is 2.17 bits per heavy atom. The minimum Gasteiger partial charge on any atom is -0.348 e. The Morgan fingerprint density at radius 1 is 1.33 bits per heavy atom. The molecule has 1 N–H and O–H groups in total. The summed E-state index contributed by atoms with van der Waals surface area (Å²) >= 11 is 0. The Bertz CT molecular complexity index is 751. The Balaban J connectivity index is 2.00. The summed E-state index contributed by atoms with van der Waals surface area (Å²) in [5.41, 5.74) is 0.719. The van der Waals surface area contributed by atoms with Crippen LogP contribution in [0.4, 0.5) is 23.1 Å². The van der Waals surface area contributed by atoms with E-state index in [0.29, 0.717) is 11.6 Å². The lowest BCUT2D eigenvalue weighted by molar-refractivity contribution is -0.383. The molecule has 1 atom stereocenters. The van der Waals surface area contributed by atoms with Crippen molar-refractivity contribution in [3.63, 3.8) is 0 Å². The maximum atomic E-state index is 11.7. The van der Waals surface area contributed by atoms with Crippen molar-refractivity contribution in [2.45, 2.75) is 39.2 Å². The molecule has 1 aliphatic rings. The van der Waals surface area contributed by atoms with Gasteiger partial charge in [-0.15, -0.1) is 0 Å². The monoisotopic (exact) mass is 328 g/mol. The van der Waals surface area contributed by atoms with E-state index in [1.807, 2.05) is 24.0 Å². The molecule has 1 fully saturated rings. The topological polar surface area (TPSA) is 97.1 Å². The summed E-state index contributed by atoms with van der Waals surface area (Å²) in [6, 6.07) is 5.67. The van der Waals surface area contributed by atoms with Gasteiger partial charge < -0.3 is 10.2 Å². The molecule has 3 rings (SSSR count). The fraction of sp³-hybridized carbons (Fsp3) is 0.438. The van der Waals surface area contributed by atoms with Gasteiger partial charge in [0.1, 0.15) is 12.1 Å². The van der Waals surface area contributed by atoms with Gasteiger partial charge in [-0.3, -0.25) is 10.1 Å². The lowest BCUT2D eigenvalue weighted by atomic mass is 10.0. The van der Waals surface area contributed by atoms with E-state index in [9.17, 15) is 10.1 Å². The molecule has 1 saturated heterocycles. The first-order valence-corrected chi connectivity index (χ1v) is 8.03. The van der Waals surface area contributed by atoms with Crippen molar-refractivity contribution >= 4 is 23.1 Å². The molecule has 0 spiro atoms. The van der Waals surface area contributed by atoms with Crippen LogP contribution in [0.25, 0.3) is 0 Å². The molecule has 24 heavy (non-hydrogen) atoms. The van der Waals surface area contributed by atoms with E-state index in [4.69, 9.17) is 0 Å². The summed E-state index contributed by atoms with van der Waals surface area (Å²) in [5, 5.41) is 14.6. The number of nitrogens with one attached hydrogen (secondary N) is 1. The van der Waals surface area contributed by atoms with Gasteiger partial charge in [-0.1, -0.05) is 6.07 Å². The molecule has 0 aromatic carbocycles. The zero-order valence-electron chi connectivity index (χ0n) is 13.8. The van der Waals surface area contributed by atoms with Crippen molar-refractivity contribution in [2.75, 3.05) is 16.8 Å². The molecular weight excluding hydrogens is 308 g/mol. The predicted octanol–water partition coefficient (Wildman–Crippen LogP) is 3.21. The number of anilines is 3. The smallest absolute Gasteiger partial charge is 0.348 e. The highest BCUT2D eigenvalue weighted by Gasteiger charge is 2.30. The van der Waals surface area contributed by atoms with E-state index in [2.05, 4.69) is 27.2 Å². The van der Waals surface area contributed by atoms with Crippen molar-refractivity contribution in [1.29, 1.82) is 0 Å². The quantitative estimate of drug-likeness (QED) is 0.679. The van der Waals surface area contributed by atoms with E-state index >= 15 is 0 Å². The fourth-order valence-corrected chi connectivity index (χ4v) is 2.99. The first kappa shape index (κ1) is 16.1. The lowest BCUT2D eigenvalue weighted by Gasteiger charge is -2.33. The number of hydrogen-bond donors (Lipinski definition) is 1. The molecule has 1 unspecified atom stereocenters. The zero-order valence-corrected chi connectivity index (χ0v) is 13.8. The fourth-order valence-electron chi connectivity index (χ4n) is 2.99. The zero-order chi connectivity index (χ0) is 17.1. The number of pyridine rings is 1. The van der Waals surface area contributed by atoms with Crippen LogP contribution < -0.4 is 10.2 Å². The Kier molecular flexibility index (Phi) is 4.54. The number of hydrogen-bond acceptors (Lipinski definition) is 7. The Hall–Kier alpha value is -2.77. The van der Waals surface area contributed by atoms with Gasteiger partial charge in [-0.25, -0.2) is 15.0 Å². The van der Waals surface area contributed by atoms with Crippen LogP contribution in [0.1, 0.15) is 31.9 Å². The van der Waals surface area contributed by atoms with Crippen LogP contribution in [0.5, 0.6) is 0 Å². The van der Waals surface area contributed by atoms with Crippen molar-refractivity contribution in [3.8, 4) is 0 Å². The van der Waals surface area contributed by atoms with Gasteiger partial charge in [-0.05, 0) is 45.2 Å². The van der Waals surface area contributed by atoms with Gasteiger partial charge >= 0.3 is 5.69 Å². The predicted molar refractivity (Wildman–Crippen MR) is 91.6 cm³/mol. The van der Waals surface area contributed by atoms with Gasteiger partial charge in [0.25, 0.3) is 0 Å². The molecule has 0 radical (unpaired) electrons. The molecule has 3 heterocycles. The van der Waals surface area contributed by atoms with Gasteiger partial charge in [-0.2, -0.15) is 0 Å². The third-order valence-electron chi connectivity index (χ3n) is 4.20. The lowest BCUT2D eigenvalue weighted by Crippen LogP contribution is -2.38. The standard InChI is InChI=1S/C16H20N6O2/c1-11-6-5-8-13(19-11)20-15-14(22(23)24)16(18-10-17-15)21-9-4-3-7-12(21)2/h5-6,8,10,12H,3-4,7,9H2,1-2H3,(H,17,18,19,20). The van der Waals surface area contributed by atoms with Crippen molar-refractivity contribution in [1.82, 2.24) is 15.0 Å². The van der Waals surface area contributed by atoms with Crippen LogP contribution in [0.2, 0.25) is 0 Å². The molecule has 0 aliphatic carbocycles. The van der Waals surface area contributed by atoms with Crippen LogP contribution in [0.15, 0.2) is 24.5 Å². The number of aromatic nitrogens is 3. The SMILES string of the molecule is Cc1cccc(Nc2ncnc(N3CCCCC3C)c2[N+](=O)[O-])n1. The van der Waals surface area contributed by atoms with Crippen molar-refractivity contribution in [3.05, 3.63) is 40.3 Å². The van der Waals surface area contributed by atoms with E-state index < -0.39 is 4.92 Å². The van der Waals surface area contributed by atoms with Crippen LogP contribution in [0.3, 0.4) is 0 Å². The van der Waals surface area contributed by atoms with Crippen LogP contribution in [-0.4, -0.2) is 32.5 Å². The van der Waals surface area contributed by atoms with E-state index in [0.717, 1.165) is 31.5 Å². The summed E-state index contributed by atoms with van der Waals surface area (Å²) < 4.78 is 0. The second kappa shape index (κ2) is 6.77. The van der Waals surface area contributed by atoms with Gasteiger partial charge in [0.05, 0.1) is 4.92 Å². The number of nitro groups is 1. The molecule has 8 heteroatoms. The minimum atomic E-state index is -0.422. The van der Waals surface area contributed by atoms with Crippen LogP contribution >= 0.6 is 0 Å². The molecular formula is C16H20N6O2. The normalized spacial score (nSPS) is 17.6. The van der Waals surface area contributed by atoms with Crippen molar-refractivity contribution in [2.24, 2.45) is 0 Å². The highest BCUT2D eigenvalue weighted by Crippen LogP contribution is 2.36. The van der Waals surface area contributed by atoms with E-state index in [1.165, 1.54) is 6.33 Å². The van der Waals surface area contributed by atoms with Crippen LogP contribution in [0, 0.1) is 17.0 Å². The Morgan fingerprint density at radius 3 is 2.88 bits per heavy atom. The number of aryl methyl sites for hydroxylation is 1. The van der Waals surface area contributed by atoms with Gasteiger partial charge in [0, 0.05) is 18.3 Å². The maximum Gasteiger partial charge on any atom is 0.353 e. The number of piperidine rings is 1. The summed E-state index contributed by atoms with van der Waals surface area (Å²) in [6.45, 7) is 4.70. The Labute approximate surface area is 140 Å². The third-order valence-corrected chi connectivity index (χ3v) is 4.20. The summed E-state index contributed by atoms with van der Waals surface area (Å²) in [7, 11) is 0. The largest absolute Gasteiger partial charge is 0.353 e. The summed E-state index contributed by atoms with van der Waals surface area (Å²) in [6.07, 6.45) is 4.51. The number of nitrogens with zero attached hydrogens (tertiary/aromatic N) is 5.